The van der Waals surface area contributed by atoms with E-state index in [1.54, 1.807) is 6.92 Å². The standard InChI is InChI=1S/C15H25N5O/c1-10-11(2)18-19-15(14(10)8-16)20-6-4-13(5-7-20)9-17-12(3)21/h13H,4-9,16H2,1-3H3,(H,17,21). The van der Waals surface area contributed by atoms with Gasteiger partial charge in [-0.2, -0.15) is 5.10 Å². The number of rotatable bonds is 4. The number of anilines is 1. The first-order valence-corrected chi connectivity index (χ1v) is 7.55. The quantitative estimate of drug-likeness (QED) is 0.861. The van der Waals surface area contributed by atoms with Gasteiger partial charge in [0.25, 0.3) is 0 Å². The first-order valence-electron chi connectivity index (χ1n) is 7.55. The number of piperidine rings is 1. The third-order valence-electron chi connectivity index (χ3n) is 4.32. The van der Waals surface area contributed by atoms with Crippen molar-refractivity contribution in [2.24, 2.45) is 11.7 Å². The molecule has 0 saturated carbocycles. The third kappa shape index (κ3) is 3.69. The topological polar surface area (TPSA) is 84.1 Å². The summed E-state index contributed by atoms with van der Waals surface area (Å²) >= 11 is 0. The highest BCUT2D eigenvalue weighted by molar-refractivity contribution is 5.72. The number of nitrogens with zero attached hydrogens (tertiary/aromatic N) is 3. The molecule has 0 aliphatic carbocycles. The van der Waals surface area contributed by atoms with Gasteiger partial charge in [-0.3, -0.25) is 4.79 Å². The van der Waals surface area contributed by atoms with Crippen molar-refractivity contribution in [1.29, 1.82) is 0 Å². The van der Waals surface area contributed by atoms with Crippen LogP contribution in [0.15, 0.2) is 0 Å². The van der Waals surface area contributed by atoms with Crippen molar-refractivity contribution >= 4 is 11.7 Å². The Morgan fingerprint density at radius 3 is 2.57 bits per heavy atom. The molecule has 0 bridgehead atoms. The maximum absolute atomic E-state index is 11.0. The van der Waals surface area contributed by atoms with Crippen molar-refractivity contribution in [2.45, 2.75) is 40.2 Å². The number of amides is 1. The summed E-state index contributed by atoms with van der Waals surface area (Å²) in [6.07, 6.45) is 2.11. The molecule has 116 valence electrons. The van der Waals surface area contributed by atoms with E-state index >= 15 is 0 Å². The number of hydrogen-bond acceptors (Lipinski definition) is 5. The molecule has 0 spiro atoms. The molecule has 6 nitrogen and oxygen atoms in total. The predicted molar refractivity (Wildman–Crippen MR) is 83.0 cm³/mol. The molecular weight excluding hydrogens is 266 g/mol. The van der Waals surface area contributed by atoms with E-state index in [-0.39, 0.29) is 5.91 Å². The zero-order valence-corrected chi connectivity index (χ0v) is 13.1. The van der Waals surface area contributed by atoms with Crippen LogP contribution < -0.4 is 16.0 Å². The fourth-order valence-corrected chi connectivity index (χ4v) is 2.78. The summed E-state index contributed by atoms with van der Waals surface area (Å²) in [5, 5.41) is 11.5. The smallest absolute Gasteiger partial charge is 0.216 e. The second kappa shape index (κ2) is 6.85. The number of carbonyl (C=O) groups excluding carboxylic acids is 1. The molecule has 1 fully saturated rings. The average Bonchev–Trinajstić information content (AvgIpc) is 2.48. The lowest BCUT2D eigenvalue weighted by Crippen LogP contribution is -2.39. The van der Waals surface area contributed by atoms with Gasteiger partial charge in [-0.05, 0) is 38.2 Å². The van der Waals surface area contributed by atoms with E-state index in [2.05, 4.69) is 27.3 Å². The summed E-state index contributed by atoms with van der Waals surface area (Å²) in [6, 6.07) is 0. The van der Waals surface area contributed by atoms with Gasteiger partial charge in [-0.1, -0.05) is 0 Å². The van der Waals surface area contributed by atoms with Crippen LogP contribution in [0.25, 0.3) is 0 Å². The molecule has 1 saturated heterocycles. The van der Waals surface area contributed by atoms with Crippen LogP contribution in [-0.4, -0.2) is 35.7 Å². The second-order valence-electron chi connectivity index (χ2n) is 5.78. The fourth-order valence-electron chi connectivity index (χ4n) is 2.78. The van der Waals surface area contributed by atoms with Gasteiger partial charge in [0.05, 0.1) is 5.69 Å². The second-order valence-corrected chi connectivity index (χ2v) is 5.78. The van der Waals surface area contributed by atoms with Crippen LogP contribution in [0.1, 0.15) is 36.6 Å². The monoisotopic (exact) mass is 291 g/mol. The Balaban J connectivity index is 2.02. The van der Waals surface area contributed by atoms with Gasteiger partial charge in [-0.25, -0.2) is 0 Å². The lowest BCUT2D eigenvalue weighted by atomic mass is 9.96. The Bertz CT molecular complexity index is 509. The summed E-state index contributed by atoms with van der Waals surface area (Å²) in [5.74, 6) is 1.52. The van der Waals surface area contributed by atoms with E-state index in [0.717, 1.165) is 55.1 Å². The van der Waals surface area contributed by atoms with Crippen molar-refractivity contribution in [1.82, 2.24) is 15.5 Å². The zero-order valence-electron chi connectivity index (χ0n) is 13.1. The van der Waals surface area contributed by atoms with Crippen molar-refractivity contribution in [2.75, 3.05) is 24.5 Å². The highest BCUT2D eigenvalue weighted by Gasteiger charge is 2.23. The summed E-state index contributed by atoms with van der Waals surface area (Å²) < 4.78 is 0. The summed E-state index contributed by atoms with van der Waals surface area (Å²) in [4.78, 5) is 13.2. The molecule has 1 aromatic heterocycles. The number of nitrogens with one attached hydrogen (secondary N) is 1. The van der Waals surface area contributed by atoms with Crippen molar-refractivity contribution in [3.05, 3.63) is 16.8 Å². The number of aryl methyl sites for hydroxylation is 1. The predicted octanol–water partition coefficient (Wildman–Crippen LogP) is 0.905. The summed E-state index contributed by atoms with van der Waals surface area (Å²) in [7, 11) is 0. The van der Waals surface area contributed by atoms with Crippen molar-refractivity contribution in [3.8, 4) is 0 Å². The minimum atomic E-state index is 0.0443. The van der Waals surface area contributed by atoms with E-state index in [4.69, 9.17) is 5.73 Å². The lowest BCUT2D eigenvalue weighted by molar-refractivity contribution is -0.119. The van der Waals surface area contributed by atoms with Crippen LogP contribution in [-0.2, 0) is 11.3 Å². The van der Waals surface area contributed by atoms with Gasteiger partial charge in [-0.15, -0.1) is 5.10 Å². The van der Waals surface area contributed by atoms with Gasteiger partial charge in [0, 0.05) is 38.7 Å². The van der Waals surface area contributed by atoms with Gasteiger partial charge in [0.15, 0.2) is 5.82 Å². The van der Waals surface area contributed by atoms with Crippen LogP contribution in [0.5, 0.6) is 0 Å². The van der Waals surface area contributed by atoms with Crippen LogP contribution in [0.4, 0.5) is 5.82 Å². The van der Waals surface area contributed by atoms with Gasteiger partial charge in [0.2, 0.25) is 5.91 Å². The largest absolute Gasteiger partial charge is 0.356 e. The molecule has 0 atom stereocenters. The van der Waals surface area contributed by atoms with E-state index in [0.29, 0.717) is 12.5 Å². The summed E-state index contributed by atoms with van der Waals surface area (Å²) in [5.41, 5.74) is 9.08. The normalized spacial score (nSPS) is 16.1. The molecule has 1 aliphatic rings. The SMILES string of the molecule is CC(=O)NCC1CCN(c2nnc(C)c(C)c2CN)CC1. The molecule has 0 unspecified atom stereocenters. The Hall–Kier alpha value is -1.69. The van der Waals surface area contributed by atoms with Crippen LogP contribution >= 0.6 is 0 Å². The van der Waals surface area contributed by atoms with Crippen LogP contribution in [0.3, 0.4) is 0 Å². The lowest BCUT2D eigenvalue weighted by Gasteiger charge is -2.33. The molecule has 2 heterocycles. The minimum absolute atomic E-state index is 0.0443. The van der Waals surface area contributed by atoms with E-state index in [1.165, 1.54) is 0 Å². The number of nitrogens with two attached hydrogens (primary N) is 1. The van der Waals surface area contributed by atoms with Crippen molar-refractivity contribution < 1.29 is 4.79 Å². The highest BCUT2D eigenvalue weighted by atomic mass is 16.1. The molecule has 1 aromatic rings. The van der Waals surface area contributed by atoms with E-state index in [9.17, 15) is 4.79 Å². The molecule has 6 heteroatoms. The van der Waals surface area contributed by atoms with Crippen LogP contribution in [0.2, 0.25) is 0 Å². The zero-order chi connectivity index (χ0) is 15.4. The van der Waals surface area contributed by atoms with Crippen LogP contribution in [0, 0.1) is 19.8 Å². The molecule has 0 aromatic carbocycles. The Kier molecular flexibility index (Phi) is 5.12. The first kappa shape index (κ1) is 15.7. The minimum Gasteiger partial charge on any atom is -0.356 e. The van der Waals surface area contributed by atoms with E-state index in [1.807, 2.05) is 6.92 Å². The van der Waals surface area contributed by atoms with E-state index < -0.39 is 0 Å². The molecule has 1 amide bonds. The Morgan fingerprint density at radius 1 is 1.33 bits per heavy atom. The van der Waals surface area contributed by atoms with Crippen molar-refractivity contribution in [3.63, 3.8) is 0 Å². The summed E-state index contributed by atoms with van der Waals surface area (Å²) in [6.45, 7) is 8.72. The fraction of sp³-hybridized carbons (Fsp3) is 0.667. The van der Waals surface area contributed by atoms with Gasteiger partial charge < -0.3 is 16.0 Å². The highest BCUT2D eigenvalue weighted by Crippen LogP contribution is 2.26. The maximum atomic E-state index is 11.0. The maximum Gasteiger partial charge on any atom is 0.216 e. The molecule has 0 radical (unpaired) electrons. The Morgan fingerprint density at radius 2 is 2.00 bits per heavy atom. The number of aromatic nitrogens is 2. The Labute approximate surface area is 126 Å². The first-order chi connectivity index (χ1) is 10.0. The number of carbonyl (C=O) groups is 1. The van der Waals surface area contributed by atoms with Gasteiger partial charge >= 0.3 is 0 Å². The molecule has 1 aliphatic heterocycles. The van der Waals surface area contributed by atoms with Gasteiger partial charge in [0.1, 0.15) is 0 Å². The molecule has 21 heavy (non-hydrogen) atoms. The molecule has 3 N–H and O–H groups in total. The molecular formula is C15H25N5O. The third-order valence-corrected chi connectivity index (χ3v) is 4.32. The number of hydrogen-bond donors (Lipinski definition) is 2. The average molecular weight is 291 g/mol. The molecule has 2 rings (SSSR count).